The maximum atomic E-state index is 13.2. The van der Waals surface area contributed by atoms with Crippen LogP contribution in [-0.2, 0) is 44.9 Å². The van der Waals surface area contributed by atoms with Crippen molar-refractivity contribution in [2.45, 2.75) is 50.7 Å². The summed E-state index contributed by atoms with van der Waals surface area (Å²) in [6.45, 7) is 2.00. The predicted molar refractivity (Wildman–Crippen MR) is 147 cm³/mol. The van der Waals surface area contributed by atoms with E-state index in [0.717, 1.165) is 16.8 Å². The molecule has 0 unspecified atom stereocenters. The van der Waals surface area contributed by atoms with Crippen LogP contribution in [0.25, 0.3) is 0 Å². The van der Waals surface area contributed by atoms with Crippen LogP contribution in [0.1, 0.15) is 35.7 Å². The van der Waals surface area contributed by atoms with E-state index in [4.69, 9.17) is 17.3 Å². The van der Waals surface area contributed by atoms with Crippen LogP contribution in [0.5, 0.6) is 0 Å². The van der Waals surface area contributed by atoms with E-state index in [1.54, 1.807) is 66.9 Å². The number of pyridine rings is 1. The Morgan fingerprint density at radius 1 is 1.00 bits per heavy atom. The van der Waals surface area contributed by atoms with E-state index in [1.165, 1.54) is 6.92 Å². The molecule has 3 rings (SSSR count). The molecule has 1 heterocycles. The molecule has 1 aromatic heterocycles. The van der Waals surface area contributed by atoms with Gasteiger partial charge in [-0.25, -0.2) is 13.1 Å². The lowest BCUT2D eigenvalue weighted by atomic mass is 10.1. The highest BCUT2D eigenvalue weighted by atomic mass is 35.5. The van der Waals surface area contributed by atoms with Gasteiger partial charge in [0.2, 0.25) is 21.8 Å². The first-order chi connectivity index (χ1) is 18.2. The van der Waals surface area contributed by atoms with Crippen molar-refractivity contribution in [2.24, 2.45) is 5.73 Å². The highest BCUT2D eigenvalue weighted by Gasteiger charge is 2.27. The van der Waals surface area contributed by atoms with Crippen LogP contribution in [0.3, 0.4) is 0 Å². The number of aromatic nitrogens is 1. The molecule has 0 fully saturated rings. The first-order valence-corrected chi connectivity index (χ1v) is 14.2. The number of sulfonamides is 1. The Balaban J connectivity index is 1.66. The predicted octanol–water partition coefficient (Wildman–Crippen LogP) is 2.44. The minimum atomic E-state index is -3.85. The van der Waals surface area contributed by atoms with E-state index < -0.39 is 33.9 Å². The highest BCUT2D eigenvalue weighted by molar-refractivity contribution is 7.88. The van der Waals surface area contributed by atoms with E-state index in [9.17, 15) is 18.0 Å². The Morgan fingerprint density at radius 3 is 2.42 bits per heavy atom. The molecular weight excluding hydrogens is 526 g/mol. The summed E-state index contributed by atoms with van der Waals surface area (Å²) in [4.78, 5) is 30.1. The molecule has 202 valence electrons. The zero-order valence-corrected chi connectivity index (χ0v) is 22.6. The summed E-state index contributed by atoms with van der Waals surface area (Å²) >= 11 is 6.06. The van der Waals surface area contributed by atoms with Crippen LogP contribution >= 0.6 is 11.6 Å². The zero-order chi connectivity index (χ0) is 27.5. The molecule has 9 nitrogen and oxygen atoms in total. The van der Waals surface area contributed by atoms with Gasteiger partial charge in [0.1, 0.15) is 12.1 Å². The van der Waals surface area contributed by atoms with E-state index in [1.807, 2.05) is 6.07 Å². The van der Waals surface area contributed by atoms with Gasteiger partial charge in [-0.05, 0) is 60.7 Å². The van der Waals surface area contributed by atoms with E-state index >= 15 is 0 Å². The van der Waals surface area contributed by atoms with Gasteiger partial charge in [-0.3, -0.25) is 14.6 Å². The summed E-state index contributed by atoms with van der Waals surface area (Å²) in [6, 6.07) is 17.3. The van der Waals surface area contributed by atoms with Crippen LogP contribution in [-0.4, -0.2) is 37.3 Å². The SMILES string of the molecule is C[C@H](NC(=O)[C@@H](CCc1ccccn1)NS(=O)(=O)Cc1ccccc1)C(=O)NCc1cc(Cl)ccc1CN. The summed E-state index contributed by atoms with van der Waals surface area (Å²) in [5.74, 6) is -1.32. The largest absolute Gasteiger partial charge is 0.350 e. The molecule has 38 heavy (non-hydrogen) atoms. The number of amides is 2. The summed E-state index contributed by atoms with van der Waals surface area (Å²) in [7, 11) is -3.85. The molecule has 0 spiro atoms. The Bertz CT molecular complexity index is 1320. The highest BCUT2D eigenvalue weighted by Crippen LogP contribution is 2.16. The normalized spacial score (nSPS) is 12.9. The number of carbonyl (C=O) groups excluding carboxylic acids is 2. The molecule has 0 bridgehead atoms. The molecule has 11 heteroatoms. The number of hydrogen-bond acceptors (Lipinski definition) is 6. The summed E-state index contributed by atoms with van der Waals surface area (Å²) in [6.07, 6.45) is 2.16. The second-order valence-electron chi connectivity index (χ2n) is 8.84. The standard InChI is InChI=1S/C27H32ClN5O4S/c1-19(26(34)31-17-22-15-23(28)11-10-21(22)16-29)32-27(35)25(13-12-24-9-5-6-14-30-24)33-38(36,37)18-20-7-3-2-4-8-20/h2-11,14-15,19,25,33H,12-13,16-18,29H2,1H3,(H,31,34)(H,32,35)/t19-,25+/m0/s1. The molecule has 3 aromatic rings. The summed E-state index contributed by atoms with van der Waals surface area (Å²) in [5.41, 5.74) is 8.69. The van der Waals surface area contributed by atoms with Gasteiger partial charge in [-0.1, -0.05) is 54.1 Å². The number of hydrogen-bond donors (Lipinski definition) is 4. The minimum absolute atomic E-state index is 0.160. The number of nitrogens with two attached hydrogens (primary N) is 1. The average molecular weight is 558 g/mol. The molecule has 0 saturated carbocycles. The smallest absolute Gasteiger partial charge is 0.242 e. The Kier molecular flexibility index (Phi) is 10.8. The van der Waals surface area contributed by atoms with E-state index in [-0.39, 0.29) is 25.3 Å². The van der Waals surface area contributed by atoms with Crippen molar-refractivity contribution in [1.82, 2.24) is 20.3 Å². The average Bonchev–Trinajstić information content (AvgIpc) is 2.90. The lowest BCUT2D eigenvalue weighted by molar-refractivity contribution is -0.129. The van der Waals surface area contributed by atoms with Crippen LogP contribution < -0.4 is 21.1 Å². The topological polar surface area (TPSA) is 143 Å². The first-order valence-electron chi connectivity index (χ1n) is 12.2. The van der Waals surface area contributed by atoms with Crippen LogP contribution in [0.4, 0.5) is 0 Å². The lowest BCUT2D eigenvalue weighted by Gasteiger charge is -2.21. The molecule has 0 radical (unpaired) electrons. The number of halogens is 1. The first kappa shape index (κ1) is 29.2. The molecule has 0 aliphatic heterocycles. The number of rotatable bonds is 13. The molecular formula is C27H32ClN5O4S. The molecule has 5 N–H and O–H groups in total. The monoisotopic (exact) mass is 557 g/mol. The number of nitrogens with zero attached hydrogens (tertiary/aromatic N) is 1. The number of aryl methyl sites for hydroxylation is 1. The third-order valence-electron chi connectivity index (χ3n) is 5.85. The van der Waals surface area contributed by atoms with Crippen molar-refractivity contribution in [3.63, 3.8) is 0 Å². The third-order valence-corrected chi connectivity index (χ3v) is 7.44. The van der Waals surface area contributed by atoms with Gasteiger partial charge < -0.3 is 16.4 Å². The maximum absolute atomic E-state index is 13.2. The van der Waals surface area contributed by atoms with Gasteiger partial charge in [0.15, 0.2) is 0 Å². The van der Waals surface area contributed by atoms with Crippen LogP contribution in [0.2, 0.25) is 5.02 Å². The van der Waals surface area contributed by atoms with Gasteiger partial charge in [-0.2, -0.15) is 0 Å². The van der Waals surface area contributed by atoms with Gasteiger partial charge in [-0.15, -0.1) is 0 Å². The van der Waals surface area contributed by atoms with Crippen molar-refractivity contribution in [2.75, 3.05) is 0 Å². The molecule has 0 saturated heterocycles. The number of carbonyl (C=O) groups is 2. The van der Waals surface area contributed by atoms with E-state index in [2.05, 4.69) is 20.3 Å². The Labute approximate surface area is 228 Å². The number of benzene rings is 2. The summed E-state index contributed by atoms with van der Waals surface area (Å²) in [5, 5.41) is 5.92. The van der Waals surface area contributed by atoms with Gasteiger partial charge in [0.25, 0.3) is 0 Å². The fraction of sp³-hybridized carbons (Fsp3) is 0.296. The number of nitrogens with one attached hydrogen (secondary N) is 3. The second kappa shape index (κ2) is 14.0. The van der Waals surface area contributed by atoms with Crippen molar-refractivity contribution < 1.29 is 18.0 Å². The lowest BCUT2D eigenvalue weighted by Crippen LogP contribution is -2.52. The van der Waals surface area contributed by atoms with Gasteiger partial charge in [0.05, 0.1) is 5.75 Å². The minimum Gasteiger partial charge on any atom is -0.350 e. The molecule has 2 aromatic carbocycles. The van der Waals surface area contributed by atoms with Crippen molar-refractivity contribution >= 4 is 33.4 Å². The maximum Gasteiger partial charge on any atom is 0.242 e. The Morgan fingerprint density at radius 2 is 1.74 bits per heavy atom. The molecule has 2 amide bonds. The second-order valence-corrected chi connectivity index (χ2v) is 11.0. The summed E-state index contributed by atoms with van der Waals surface area (Å²) < 4.78 is 28.3. The fourth-order valence-electron chi connectivity index (χ4n) is 3.81. The van der Waals surface area contributed by atoms with Crippen molar-refractivity contribution in [1.29, 1.82) is 0 Å². The van der Waals surface area contributed by atoms with E-state index in [0.29, 0.717) is 17.0 Å². The molecule has 0 aliphatic carbocycles. The van der Waals surface area contributed by atoms with Crippen molar-refractivity contribution in [3.05, 3.63) is 100 Å². The van der Waals surface area contributed by atoms with Crippen LogP contribution in [0, 0.1) is 0 Å². The van der Waals surface area contributed by atoms with Gasteiger partial charge in [0, 0.05) is 30.0 Å². The Hall–Kier alpha value is -3.31. The quantitative estimate of drug-likeness (QED) is 0.254. The zero-order valence-electron chi connectivity index (χ0n) is 21.1. The van der Waals surface area contributed by atoms with Crippen LogP contribution in [0.15, 0.2) is 72.9 Å². The van der Waals surface area contributed by atoms with Gasteiger partial charge >= 0.3 is 0 Å². The fourth-order valence-corrected chi connectivity index (χ4v) is 5.37. The third kappa shape index (κ3) is 9.21. The molecule has 2 atom stereocenters. The van der Waals surface area contributed by atoms with Crippen molar-refractivity contribution in [3.8, 4) is 0 Å². The molecule has 0 aliphatic rings.